The van der Waals surface area contributed by atoms with E-state index in [2.05, 4.69) is 5.32 Å². The standard InChI is InChI=1S/C17H20ClFN2O2S/c1-4-9-21-10(3)13(16(22)23-5-2)15(20-17(21)24)14-11(18)7-6-8-12(14)19/h6-8,15H,4-5,9H2,1-3H3,(H,20,24). The maximum atomic E-state index is 14.4. The number of thiocarbonyl (C=S) groups is 1. The maximum absolute atomic E-state index is 14.4. The Bertz CT molecular complexity index is 673. The molecule has 1 N–H and O–H groups in total. The molecular weight excluding hydrogens is 351 g/mol. The highest BCUT2D eigenvalue weighted by molar-refractivity contribution is 7.80. The van der Waals surface area contributed by atoms with Gasteiger partial charge in [-0.15, -0.1) is 0 Å². The van der Waals surface area contributed by atoms with Gasteiger partial charge in [0.1, 0.15) is 5.82 Å². The van der Waals surface area contributed by atoms with Gasteiger partial charge in [0.2, 0.25) is 0 Å². The first-order valence-electron chi connectivity index (χ1n) is 7.82. The summed E-state index contributed by atoms with van der Waals surface area (Å²) in [6, 6.07) is 3.63. The Kier molecular flexibility index (Phi) is 6.18. The maximum Gasteiger partial charge on any atom is 0.338 e. The predicted octanol–water partition coefficient (Wildman–Crippen LogP) is 3.96. The van der Waals surface area contributed by atoms with Gasteiger partial charge in [-0.2, -0.15) is 0 Å². The number of carbonyl (C=O) groups excluding carboxylic acids is 1. The molecule has 1 aromatic rings. The van der Waals surface area contributed by atoms with Crippen molar-refractivity contribution in [1.29, 1.82) is 0 Å². The summed E-state index contributed by atoms with van der Waals surface area (Å²) < 4.78 is 19.6. The van der Waals surface area contributed by atoms with Crippen LogP contribution in [0.15, 0.2) is 29.5 Å². The molecular formula is C17H20ClFN2O2S. The highest BCUT2D eigenvalue weighted by atomic mass is 35.5. The fraction of sp³-hybridized carbons (Fsp3) is 0.412. The van der Waals surface area contributed by atoms with Gasteiger partial charge in [0, 0.05) is 22.8 Å². The van der Waals surface area contributed by atoms with Crippen molar-refractivity contribution in [2.75, 3.05) is 13.2 Å². The average Bonchev–Trinajstić information content (AvgIpc) is 2.51. The van der Waals surface area contributed by atoms with Crippen molar-refractivity contribution < 1.29 is 13.9 Å². The first-order chi connectivity index (χ1) is 11.4. The minimum absolute atomic E-state index is 0.195. The van der Waals surface area contributed by atoms with Gasteiger partial charge in [-0.3, -0.25) is 0 Å². The molecule has 4 nitrogen and oxygen atoms in total. The number of allylic oxidation sites excluding steroid dienone is 1. The number of hydrogen-bond acceptors (Lipinski definition) is 3. The molecule has 0 bridgehead atoms. The summed E-state index contributed by atoms with van der Waals surface area (Å²) in [4.78, 5) is 14.3. The van der Waals surface area contributed by atoms with Crippen molar-refractivity contribution in [2.45, 2.75) is 33.2 Å². The van der Waals surface area contributed by atoms with Gasteiger partial charge in [0.05, 0.1) is 18.2 Å². The molecule has 1 unspecified atom stereocenters. The predicted molar refractivity (Wildman–Crippen MR) is 96.2 cm³/mol. The molecule has 1 atom stereocenters. The van der Waals surface area contributed by atoms with Crippen LogP contribution in [-0.2, 0) is 9.53 Å². The number of esters is 1. The van der Waals surface area contributed by atoms with E-state index >= 15 is 0 Å². The monoisotopic (exact) mass is 370 g/mol. The van der Waals surface area contributed by atoms with Crippen molar-refractivity contribution >= 4 is 34.9 Å². The molecule has 130 valence electrons. The fourth-order valence-electron chi connectivity index (χ4n) is 2.75. The molecule has 0 amide bonds. The minimum atomic E-state index is -0.779. The topological polar surface area (TPSA) is 41.6 Å². The molecule has 1 aliphatic heterocycles. The second-order valence-corrected chi connectivity index (χ2v) is 6.18. The van der Waals surface area contributed by atoms with Crippen LogP contribution in [0, 0.1) is 5.82 Å². The highest BCUT2D eigenvalue weighted by Crippen LogP contribution is 2.36. The van der Waals surface area contributed by atoms with Gasteiger partial charge < -0.3 is 15.0 Å². The number of nitrogens with zero attached hydrogens (tertiary/aromatic N) is 1. The van der Waals surface area contributed by atoms with Crippen LogP contribution in [0.5, 0.6) is 0 Å². The van der Waals surface area contributed by atoms with Crippen molar-refractivity contribution in [3.63, 3.8) is 0 Å². The van der Waals surface area contributed by atoms with Crippen molar-refractivity contribution in [2.24, 2.45) is 0 Å². The Labute approximate surface area is 151 Å². The Morgan fingerprint density at radius 1 is 1.46 bits per heavy atom. The van der Waals surface area contributed by atoms with E-state index in [1.807, 2.05) is 11.8 Å². The molecule has 0 aliphatic carbocycles. The molecule has 0 radical (unpaired) electrons. The third kappa shape index (κ3) is 3.54. The van der Waals surface area contributed by atoms with E-state index < -0.39 is 17.8 Å². The molecule has 0 spiro atoms. The number of carbonyl (C=O) groups is 1. The molecule has 7 heteroatoms. The van der Waals surface area contributed by atoms with E-state index in [1.54, 1.807) is 19.9 Å². The van der Waals surface area contributed by atoms with Crippen LogP contribution in [-0.4, -0.2) is 29.1 Å². The van der Waals surface area contributed by atoms with Crippen LogP contribution in [0.1, 0.15) is 38.8 Å². The minimum Gasteiger partial charge on any atom is -0.463 e. The van der Waals surface area contributed by atoms with Gasteiger partial charge in [-0.1, -0.05) is 24.6 Å². The summed E-state index contributed by atoms with van der Waals surface area (Å²) in [6.45, 7) is 6.41. The van der Waals surface area contributed by atoms with Gasteiger partial charge >= 0.3 is 5.97 Å². The number of halogens is 2. The van der Waals surface area contributed by atoms with Gasteiger partial charge in [-0.25, -0.2) is 9.18 Å². The molecule has 0 fully saturated rings. The largest absolute Gasteiger partial charge is 0.463 e. The highest BCUT2D eigenvalue weighted by Gasteiger charge is 2.36. The lowest BCUT2D eigenvalue weighted by atomic mass is 9.94. The van der Waals surface area contributed by atoms with E-state index in [0.717, 1.165) is 6.42 Å². The summed E-state index contributed by atoms with van der Waals surface area (Å²) in [5, 5.41) is 3.71. The zero-order valence-corrected chi connectivity index (χ0v) is 15.4. The van der Waals surface area contributed by atoms with Crippen LogP contribution >= 0.6 is 23.8 Å². The summed E-state index contributed by atoms with van der Waals surface area (Å²) in [5.74, 6) is -1.00. The third-order valence-electron chi connectivity index (χ3n) is 3.83. The number of benzene rings is 1. The summed E-state index contributed by atoms with van der Waals surface area (Å²) in [7, 11) is 0. The summed E-state index contributed by atoms with van der Waals surface area (Å²) in [5.41, 5.74) is 1.18. The normalized spacial score (nSPS) is 17.8. The van der Waals surface area contributed by atoms with E-state index in [9.17, 15) is 9.18 Å². The second kappa shape index (κ2) is 7.94. The van der Waals surface area contributed by atoms with Crippen molar-refractivity contribution in [3.8, 4) is 0 Å². The number of hydrogen-bond donors (Lipinski definition) is 1. The van der Waals surface area contributed by atoms with E-state index in [0.29, 0.717) is 22.9 Å². The summed E-state index contributed by atoms with van der Waals surface area (Å²) in [6.07, 6.45) is 0.848. The van der Waals surface area contributed by atoms with Crippen LogP contribution < -0.4 is 5.32 Å². The first-order valence-corrected chi connectivity index (χ1v) is 8.60. The molecule has 0 saturated carbocycles. The molecule has 1 aromatic carbocycles. The molecule has 1 heterocycles. The van der Waals surface area contributed by atoms with E-state index in [4.69, 9.17) is 28.6 Å². The lowest BCUT2D eigenvalue weighted by Crippen LogP contribution is -2.48. The van der Waals surface area contributed by atoms with Gasteiger partial charge in [0.15, 0.2) is 5.11 Å². The van der Waals surface area contributed by atoms with Crippen LogP contribution in [0.3, 0.4) is 0 Å². The molecule has 0 saturated heterocycles. The van der Waals surface area contributed by atoms with Crippen molar-refractivity contribution in [1.82, 2.24) is 10.2 Å². The Hall–Kier alpha value is -1.66. The van der Waals surface area contributed by atoms with Gasteiger partial charge in [0.25, 0.3) is 0 Å². The Balaban J connectivity index is 2.61. The van der Waals surface area contributed by atoms with Crippen LogP contribution in [0.25, 0.3) is 0 Å². The third-order valence-corrected chi connectivity index (χ3v) is 4.50. The van der Waals surface area contributed by atoms with Crippen molar-refractivity contribution in [3.05, 3.63) is 45.9 Å². The van der Waals surface area contributed by atoms with Crippen LogP contribution in [0.4, 0.5) is 4.39 Å². The second-order valence-electron chi connectivity index (χ2n) is 5.39. The first kappa shape index (κ1) is 18.7. The fourth-order valence-corrected chi connectivity index (χ4v) is 3.37. The van der Waals surface area contributed by atoms with E-state index in [1.165, 1.54) is 12.1 Å². The Morgan fingerprint density at radius 3 is 2.75 bits per heavy atom. The zero-order valence-electron chi connectivity index (χ0n) is 13.9. The van der Waals surface area contributed by atoms with Crippen LogP contribution in [0.2, 0.25) is 5.02 Å². The zero-order chi connectivity index (χ0) is 17.9. The van der Waals surface area contributed by atoms with Gasteiger partial charge in [-0.05, 0) is 44.6 Å². The summed E-state index contributed by atoms with van der Waals surface area (Å²) >= 11 is 11.6. The number of nitrogens with one attached hydrogen (secondary N) is 1. The smallest absolute Gasteiger partial charge is 0.338 e. The SMILES string of the molecule is CCCN1C(=S)NC(c2c(F)cccc2Cl)C(C(=O)OCC)=C1C. The quantitative estimate of drug-likeness (QED) is 0.627. The molecule has 0 aromatic heterocycles. The molecule has 1 aliphatic rings. The lowest BCUT2D eigenvalue weighted by molar-refractivity contribution is -0.139. The molecule has 24 heavy (non-hydrogen) atoms. The number of rotatable bonds is 5. The molecule has 2 rings (SSSR count). The average molecular weight is 371 g/mol. The number of ether oxygens (including phenoxy) is 1. The van der Waals surface area contributed by atoms with E-state index in [-0.39, 0.29) is 17.2 Å². The Morgan fingerprint density at radius 2 is 2.17 bits per heavy atom. The lowest BCUT2D eigenvalue weighted by Gasteiger charge is -2.37.